The Labute approximate surface area is 164 Å². The summed E-state index contributed by atoms with van der Waals surface area (Å²) < 4.78 is 65.6. The van der Waals surface area contributed by atoms with Crippen LogP contribution in [0.3, 0.4) is 0 Å². The number of aliphatic hydroxyl groups excluding tert-OH is 1. The number of anilines is 1. The summed E-state index contributed by atoms with van der Waals surface area (Å²) in [6.45, 7) is 1.46. The van der Waals surface area contributed by atoms with E-state index in [4.69, 9.17) is 10.8 Å². The number of hydrogen-bond donors (Lipinski definition) is 3. The largest absolute Gasteiger partial charge is 0.573 e. The predicted octanol–water partition coefficient (Wildman–Crippen LogP) is 1.90. The van der Waals surface area contributed by atoms with Gasteiger partial charge in [0, 0.05) is 6.20 Å². The van der Waals surface area contributed by atoms with Gasteiger partial charge in [-0.15, -0.1) is 13.2 Å². The normalized spacial score (nSPS) is 13.0. The molecule has 1 aromatic carbocycles. The van der Waals surface area contributed by atoms with E-state index in [1.807, 2.05) is 0 Å². The number of hydrogen-bond acceptors (Lipinski definition) is 7. The molecule has 4 N–H and O–H groups in total. The average molecular weight is 433 g/mol. The zero-order valence-corrected chi connectivity index (χ0v) is 15.9. The lowest BCUT2D eigenvalue weighted by Crippen LogP contribution is -2.37. The second kappa shape index (κ2) is 8.66. The van der Waals surface area contributed by atoms with E-state index in [9.17, 15) is 26.4 Å². The summed E-state index contributed by atoms with van der Waals surface area (Å²) in [7, 11) is -4.15. The van der Waals surface area contributed by atoms with E-state index in [0.29, 0.717) is 6.42 Å². The van der Waals surface area contributed by atoms with Crippen molar-refractivity contribution in [2.24, 2.45) is 0 Å². The summed E-state index contributed by atoms with van der Waals surface area (Å²) in [5.41, 5.74) is 5.32. The van der Waals surface area contributed by atoms with Gasteiger partial charge in [0.05, 0.1) is 28.1 Å². The molecule has 0 fully saturated rings. The molecule has 1 atom stereocenters. The first-order chi connectivity index (χ1) is 13.5. The SMILES string of the molecule is CC[C@@H](CO)NC(=O)c1ncc(S(=O)(=O)c2ccc(OC(F)(F)F)cc2)cc1N. The third-order valence-electron chi connectivity index (χ3n) is 3.83. The van der Waals surface area contributed by atoms with Crippen molar-refractivity contribution in [1.82, 2.24) is 10.3 Å². The number of nitrogens with two attached hydrogens (primary N) is 1. The van der Waals surface area contributed by atoms with Crippen molar-refractivity contribution in [1.29, 1.82) is 0 Å². The Bertz CT molecular complexity index is 975. The summed E-state index contributed by atoms with van der Waals surface area (Å²) in [5.74, 6) is -1.25. The number of aliphatic hydroxyl groups is 1. The molecule has 1 amide bonds. The molecular weight excluding hydrogens is 415 g/mol. The molecule has 0 spiro atoms. The monoisotopic (exact) mass is 433 g/mol. The van der Waals surface area contributed by atoms with Gasteiger partial charge < -0.3 is 20.9 Å². The number of benzene rings is 1. The summed E-state index contributed by atoms with van der Waals surface area (Å²) in [5, 5.41) is 11.6. The second-order valence-corrected chi connectivity index (χ2v) is 7.84. The number of nitrogens with one attached hydrogen (secondary N) is 1. The smallest absolute Gasteiger partial charge is 0.406 e. The standard InChI is InChI=1S/C17H18F3N3O5S/c1-2-10(9-24)23-16(25)15-14(21)7-13(8-22-15)29(26,27)12-5-3-11(4-6-12)28-17(18,19)20/h3-8,10,24H,2,9,21H2,1H3,(H,23,25)/t10-/m0/s1. The van der Waals surface area contributed by atoms with E-state index >= 15 is 0 Å². The number of carbonyl (C=O) groups is 1. The maximum atomic E-state index is 12.6. The van der Waals surface area contributed by atoms with Crippen LogP contribution in [-0.2, 0) is 9.84 Å². The van der Waals surface area contributed by atoms with E-state index in [0.717, 1.165) is 36.5 Å². The van der Waals surface area contributed by atoms with Crippen molar-refractivity contribution in [3.63, 3.8) is 0 Å². The van der Waals surface area contributed by atoms with Crippen LogP contribution in [0.4, 0.5) is 18.9 Å². The molecule has 0 aliphatic carbocycles. The lowest BCUT2D eigenvalue weighted by Gasteiger charge is -2.15. The van der Waals surface area contributed by atoms with Crippen molar-refractivity contribution >= 4 is 21.4 Å². The molecule has 0 aliphatic rings. The molecule has 0 saturated heterocycles. The number of alkyl halides is 3. The molecular formula is C17H18F3N3O5S. The van der Waals surface area contributed by atoms with Crippen LogP contribution in [0.1, 0.15) is 23.8 Å². The van der Waals surface area contributed by atoms with Gasteiger partial charge in [-0.05, 0) is 36.8 Å². The third kappa shape index (κ3) is 5.57. The first kappa shape index (κ1) is 22.4. The molecule has 0 radical (unpaired) electrons. The second-order valence-electron chi connectivity index (χ2n) is 5.89. The van der Waals surface area contributed by atoms with Crippen LogP contribution >= 0.6 is 0 Å². The van der Waals surface area contributed by atoms with Crippen molar-refractivity contribution < 1.29 is 36.2 Å². The molecule has 2 aromatic rings. The van der Waals surface area contributed by atoms with E-state index in [1.54, 1.807) is 6.92 Å². The highest BCUT2D eigenvalue weighted by atomic mass is 32.2. The predicted molar refractivity (Wildman–Crippen MR) is 95.9 cm³/mol. The first-order valence-electron chi connectivity index (χ1n) is 8.26. The summed E-state index contributed by atoms with van der Waals surface area (Å²) in [4.78, 5) is 15.3. The van der Waals surface area contributed by atoms with Crippen LogP contribution in [0.2, 0.25) is 0 Å². The van der Waals surface area contributed by atoms with E-state index in [1.165, 1.54) is 0 Å². The molecule has 158 valence electrons. The fraction of sp³-hybridized carbons (Fsp3) is 0.294. The third-order valence-corrected chi connectivity index (χ3v) is 5.57. The van der Waals surface area contributed by atoms with E-state index in [2.05, 4.69) is 15.0 Å². The molecule has 8 nitrogen and oxygen atoms in total. The first-order valence-corrected chi connectivity index (χ1v) is 9.74. The number of amides is 1. The van der Waals surface area contributed by atoms with Gasteiger partial charge in [-0.1, -0.05) is 6.92 Å². The molecule has 1 heterocycles. The number of sulfone groups is 1. The van der Waals surface area contributed by atoms with Gasteiger partial charge in [-0.2, -0.15) is 0 Å². The van der Waals surface area contributed by atoms with Gasteiger partial charge in [0.25, 0.3) is 5.91 Å². The number of carbonyl (C=O) groups excluding carboxylic acids is 1. The van der Waals surface area contributed by atoms with E-state index in [-0.39, 0.29) is 27.8 Å². The Balaban J connectivity index is 2.27. The van der Waals surface area contributed by atoms with Crippen LogP contribution in [0.15, 0.2) is 46.3 Å². The van der Waals surface area contributed by atoms with Crippen molar-refractivity contribution in [2.75, 3.05) is 12.3 Å². The Hall–Kier alpha value is -2.86. The van der Waals surface area contributed by atoms with Crippen molar-refractivity contribution in [3.8, 4) is 5.75 Å². The highest BCUT2D eigenvalue weighted by molar-refractivity contribution is 7.91. The molecule has 1 aromatic heterocycles. The number of nitrogens with zero attached hydrogens (tertiary/aromatic N) is 1. The topological polar surface area (TPSA) is 132 Å². The molecule has 0 aliphatic heterocycles. The van der Waals surface area contributed by atoms with Crippen LogP contribution < -0.4 is 15.8 Å². The fourth-order valence-corrected chi connectivity index (χ4v) is 3.53. The maximum absolute atomic E-state index is 12.6. The van der Waals surface area contributed by atoms with Crippen LogP contribution in [-0.4, -0.2) is 43.4 Å². The number of rotatable bonds is 7. The Morgan fingerprint density at radius 2 is 1.90 bits per heavy atom. The minimum absolute atomic E-state index is 0.214. The van der Waals surface area contributed by atoms with Gasteiger partial charge in [0.15, 0.2) is 5.69 Å². The van der Waals surface area contributed by atoms with Crippen molar-refractivity contribution in [3.05, 3.63) is 42.2 Å². The number of halogens is 3. The molecule has 0 unspecified atom stereocenters. The number of pyridine rings is 1. The summed E-state index contributed by atoms with van der Waals surface area (Å²) >= 11 is 0. The van der Waals surface area contributed by atoms with Crippen LogP contribution in [0.25, 0.3) is 0 Å². The van der Waals surface area contributed by atoms with Crippen LogP contribution in [0, 0.1) is 0 Å². The number of aromatic nitrogens is 1. The van der Waals surface area contributed by atoms with Crippen LogP contribution in [0.5, 0.6) is 5.75 Å². The van der Waals surface area contributed by atoms with Gasteiger partial charge in [-0.3, -0.25) is 4.79 Å². The zero-order chi connectivity index (χ0) is 21.8. The highest BCUT2D eigenvalue weighted by Crippen LogP contribution is 2.27. The summed E-state index contributed by atoms with van der Waals surface area (Å²) in [6, 6.07) is 4.12. The molecule has 29 heavy (non-hydrogen) atoms. The number of ether oxygens (including phenoxy) is 1. The minimum Gasteiger partial charge on any atom is -0.406 e. The highest BCUT2D eigenvalue weighted by Gasteiger charge is 2.31. The lowest BCUT2D eigenvalue weighted by molar-refractivity contribution is -0.274. The minimum atomic E-state index is -4.90. The lowest BCUT2D eigenvalue weighted by atomic mass is 10.2. The van der Waals surface area contributed by atoms with Gasteiger partial charge in [0.1, 0.15) is 5.75 Å². The Morgan fingerprint density at radius 1 is 1.28 bits per heavy atom. The Kier molecular flexibility index (Phi) is 6.69. The summed E-state index contributed by atoms with van der Waals surface area (Å²) in [6.07, 6.45) is -3.52. The Morgan fingerprint density at radius 3 is 2.38 bits per heavy atom. The van der Waals surface area contributed by atoms with Gasteiger partial charge in [-0.25, -0.2) is 13.4 Å². The molecule has 12 heteroatoms. The fourth-order valence-electron chi connectivity index (χ4n) is 2.29. The van der Waals surface area contributed by atoms with E-state index < -0.39 is 33.9 Å². The molecule has 0 bridgehead atoms. The zero-order valence-electron chi connectivity index (χ0n) is 15.1. The van der Waals surface area contributed by atoms with Gasteiger partial charge in [0.2, 0.25) is 9.84 Å². The molecule has 2 rings (SSSR count). The average Bonchev–Trinajstić information content (AvgIpc) is 2.64. The van der Waals surface area contributed by atoms with Crippen molar-refractivity contribution in [2.45, 2.75) is 35.5 Å². The maximum Gasteiger partial charge on any atom is 0.573 e. The van der Waals surface area contributed by atoms with Gasteiger partial charge >= 0.3 is 6.36 Å². The quantitative estimate of drug-likeness (QED) is 0.608. The number of nitrogen functional groups attached to an aromatic ring is 1. The molecule has 0 saturated carbocycles.